The Hall–Kier alpha value is -2.14. The summed E-state index contributed by atoms with van der Waals surface area (Å²) >= 11 is 0. The molecule has 0 saturated heterocycles. The second kappa shape index (κ2) is 6.34. The summed E-state index contributed by atoms with van der Waals surface area (Å²) in [6, 6.07) is 10.1. The first-order valence-corrected chi connectivity index (χ1v) is 6.10. The third-order valence-corrected chi connectivity index (χ3v) is 2.96. The SMILES string of the molecule is COc1ccc(NC(CO)c2ccc(F)c(F)c2)cc1. The highest BCUT2D eigenvalue weighted by molar-refractivity contribution is 5.48. The number of aliphatic hydroxyl groups is 1. The van der Waals surface area contributed by atoms with Crippen LogP contribution in [-0.4, -0.2) is 18.8 Å². The molecule has 20 heavy (non-hydrogen) atoms. The zero-order valence-electron chi connectivity index (χ0n) is 10.9. The molecule has 2 aromatic rings. The van der Waals surface area contributed by atoms with Gasteiger partial charge in [0.2, 0.25) is 0 Å². The minimum atomic E-state index is -0.933. The molecular weight excluding hydrogens is 264 g/mol. The largest absolute Gasteiger partial charge is 0.497 e. The Kier molecular flexibility index (Phi) is 4.53. The fraction of sp³-hybridized carbons (Fsp3) is 0.200. The number of nitrogens with one attached hydrogen (secondary N) is 1. The van der Waals surface area contributed by atoms with Crippen molar-refractivity contribution >= 4 is 5.69 Å². The highest BCUT2D eigenvalue weighted by Gasteiger charge is 2.13. The number of benzene rings is 2. The van der Waals surface area contributed by atoms with E-state index in [1.54, 1.807) is 31.4 Å². The smallest absolute Gasteiger partial charge is 0.159 e. The van der Waals surface area contributed by atoms with Crippen LogP contribution in [0.5, 0.6) is 5.75 Å². The van der Waals surface area contributed by atoms with Gasteiger partial charge in [0.15, 0.2) is 11.6 Å². The third kappa shape index (κ3) is 3.24. The Bertz CT molecular complexity index is 573. The number of halogens is 2. The van der Waals surface area contributed by atoms with Crippen LogP contribution >= 0.6 is 0 Å². The third-order valence-electron chi connectivity index (χ3n) is 2.96. The van der Waals surface area contributed by atoms with Crippen LogP contribution < -0.4 is 10.1 Å². The van der Waals surface area contributed by atoms with Crippen LogP contribution in [0, 0.1) is 11.6 Å². The second-order valence-corrected chi connectivity index (χ2v) is 4.28. The number of anilines is 1. The van der Waals surface area contributed by atoms with E-state index >= 15 is 0 Å². The summed E-state index contributed by atoms with van der Waals surface area (Å²) in [7, 11) is 1.57. The monoisotopic (exact) mass is 279 g/mol. The van der Waals surface area contributed by atoms with Crippen molar-refractivity contribution in [3.8, 4) is 5.75 Å². The molecule has 0 amide bonds. The molecule has 1 atom stereocenters. The quantitative estimate of drug-likeness (QED) is 0.883. The number of aliphatic hydroxyl groups excluding tert-OH is 1. The van der Waals surface area contributed by atoms with Gasteiger partial charge in [0.1, 0.15) is 5.75 Å². The number of methoxy groups -OCH3 is 1. The molecule has 0 bridgehead atoms. The lowest BCUT2D eigenvalue weighted by Crippen LogP contribution is -2.15. The molecule has 0 fully saturated rings. The molecule has 1 unspecified atom stereocenters. The molecule has 2 rings (SSSR count). The van der Waals surface area contributed by atoms with Gasteiger partial charge < -0.3 is 15.2 Å². The van der Waals surface area contributed by atoms with Gasteiger partial charge in [-0.05, 0) is 42.0 Å². The maximum absolute atomic E-state index is 13.2. The van der Waals surface area contributed by atoms with Gasteiger partial charge in [-0.25, -0.2) is 8.78 Å². The molecule has 106 valence electrons. The maximum atomic E-state index is 13.2. The van der Waals surface area contributed by atoms with E-state index in [4.69, 9.17) is 4.74 Å². The minimum absolute atomic E-state index is 0.239. The van der Waals surface area contributed by atoms with Gasteiger partial charge in [-0.1, -0.05) is 6.07 Å². The van der Waals surface area contributed by atoms with E-state index in [9.17, 15) is 13.9 Å². The Morgan fingerprint density at radius 1 is 1.10 bits per heavy atom. The molecule has 5 heteroatoms. The molecule has 0 aromatic heterocycles. The summed E-state index contributed by atoms with van der Waals surface area (Å²) in [5.41, 5.74) is 1.22. The van der Waals surface area contributed by atoms with Crippen molar-refractivity contribution in [1.29, 1.82) is 0 Å². The fourth-order valence-corrected chi connectivity index (χ4v) is 1.85. The average Bonchev–Trinajstić information content (AvgIpc) is 2.48. The molecule has 0 aliphatic rings. The first-order valence-electron chi connectivity index (χ1n) is 6.10. The minimum Gasteiger partial charge on any atom is -0.497 e. The van der Waals surface area contributed by atoms with Crippen molar-refractivity contribution in [3.63, 3.8) is 0 Å². The number of hydrogen-bond acceptors (Lipinski definition) is 3. The van der Waals surface area contributed by atoms with Gasteiger partial charge in [0, 0.05) is 5.69 Å². The van der Waals surface area contributed by atoms with Gasteiger partial charge in [0.05, 0.1) is 19.8 Å². The lowest BCUT2D eigenvalue weighted by molar-refractivity contribution is 0.276. The Morgan fingerprint density at radius 2 is 1.80 bits per heavy atom. The summed E-state index contributed by atoms with van der Waals surface area (Å²) in [5, 5.41) is 12.4. The first kappa shape index (κ1) is 14.3. The summed E-state index contributed by atoms with van der Waals surface area (Å²) in [5.74, 6) is -1.13. The van der Waals surface area contributed by atoms with Gasteiger partial charge in [-0.15, -0.1) is 0 Å². The summed E-state index contributed by atoms with van der Waals surface area (Å²) in [4.78, 5) is 0. The number of ether oxygens (including phenoxy) is 1. The van der Waals surface area contributed by atoms with Crippen LogP contribution in [0.25, 0.3) is 0 Å². The standard InChI is InChI=1S/C15H15F2NO2/c1-20-12-5-3-11(4-6-12)18-15(9-19)10-2-7-13(16)14(17)8-10/h2-8,15,18-19H,9H2,1H3. The van der Waals surface area contributed by atoms with Crippen LogP contribution in [0.3, 0.4) is 0 Å². The summed E-state index contributed by atoms with van der Waals surface area (Å²) in [6.07, 6.45) is 0. The fourth-order valence-electron chi connectivity index (χ4n) is 1.85. The first-order chi connectivity index (χ1) is 9.63. The second-order valence-electron chi connectivity index (χ2n) is 4.28. The highest BCUT2D eigenvalue weighted by Crippen LogP contribution is 2.22. The highest BCUT2D eigenvalue weighted by atomic mass is 19.2. The average molecular weight is 279 g/mol. The Balaban J connectivity index is 2.16. The van der Waals surface area contributed by atoms with Gasteiger partial charge in [-0.2, -0.15) is 0 Å². The van der Waals surface area contributed by atoms with Crippen molar-refractivity contribution in [2.45, 2.75) is 6.04 Å². The van der Waals surface area contributed by atoms with Gasteiger partial charge in [0.25, 0.3) is 0 Å². The molecule has 3 nitrogen and oxygen atoms in total. The molecule has 0 spiro atoms. The van der Waals surface area contributed by atoms with E-state index in [0.29, 0.717) is 11.3 Å². The Labute approximate surface area is 115 Å². The van der Waals surface area contributed by atoms with E-state index in [0.717, 1.165) is 17.8 Å². The van der Waals surface area contributed by atoms with E-state index in [1.807, 2.05) is 0 Å². The van der Waals surface area contributed by atoms with E-state index in [2.05, 4.69) is 5.32 Å². The predicted octanol–water partition coefficient (Wildman–Crippen LogP) is 3.12. The van der Waals surface area contributed by atoms with Crippen molar-refractivity contribution in [2.75, 3.05) is 19.0 Å². The lowest BCUT2D eigenvalue weighted by Gasteiger charge is -2.18. The van der Waals surface area contributed by atoms with Crippen LogP contribution in [0.4, 0.5) is 14.5 Å². The summed E-state index contributed by atoms with van der Waals surface area (Å²) in [6.45, 7) is -0.239. The van der Waals surface area contributed by atoms with Crippen molar-refractivity contribution in [3.05, 3.63) is 59.7 Å². The molecule has 2 N–H and O–H groups in total. The Morgan fingerprint density at radius 3 is 2.35 bits per heavy atom. The van der Waals surface area contributed by atoms with Crippen molar-refractivity contribution < 1.29 is 18.6 Å². The van der Waals surface area contributed by atoms with E-state index in [1.165, 1.54) is 6.07 Å². The summed E-state index contributed by atoms with van der Waals surface area (Å²) < 4.78 is 31.2. The normalized spacial score (nSPS) is 12.0. The van der Waals surface area contributed by atoms with Gasteiger partial charge >= 0.3 is 0 Å². The molecular formula is C15H15F2NO2. The molecule has 0 aliphatic heterocycles. The zero-order valence-corrected chi connectivity index (χ0v) is 10.9. The van der Waals surface area contributed by atoms with E-state index < -0.39 is 17.7 Å². The van der Waals surface area contributed by atoms with Crippen molar-refractivity contribution in [1.82, 2.24) is 0 Å². The molecule has 0 aliphatic carbocycles. The zero-order chi connectivity index (χ0) is 14.5. The van der Waals surface area contributed by atoms with Crippen LogP contribution in [-0.2, 0) is 0 Å². The van der Waals surface area contributed by atoms with Gasteiger partial charge in [-0.3, -0.25) is 0 Å². The number of rotatable bonds is 5. The maximum Gasteiger partial charge on any atom is 0.159 e. The van der Waals surface area contributed by atoms with E-state index in [-0.39, 0.29) is 6.61 Å². The topological polar surface area (TPSA) is 41.5 Å². The predicted molar refractivity (Wildman–Crippen MR) is 72.8 cm³/mol. The van der Waals surface area contributed by atoms with Crippen LogP contribution in [0.2, 0.25) is 0 Å². The van der Waals surface area contributed by atoms with Crippen LogP contribution in [0.15, 0.2) is 42.5 Å². The molecule has 2 aromatic carbocycles. The number of hydrogen-bond donors (Lipinski definition) is 2. The van der Waals surface area contributed by atoms with Crippen LogP contribution in [0.1, 0.15) is 11.6 Å². The molecule has 0 heterocycles. The molecule has 0 saturated carbocycles. The lowest BCUT2D eigenvalue weighted by atomic mass is 10.1. The van der Waals surface area contributed by atoms with Crippen molar-refractivity contribution in [2.24, 2.45) is 0 Å². The molecule has 0 radical (unpaired) electrons.